The maximum atomic E-state index is 11.2. The second-order valence-electron chi connectivity index (χ2n) is 7.34. The summed E-state index contributed by atoms with van der Waals surface area (Å²) in [5, 5.41) is 15.7. The van der Waals surface area contributed by atoms with Gasteiger partial charge >= 0.3 is 5.97 Å². The highest BCUT2D eigenvalue weighted by atomic mass is 16.4. The lowest BCUT2D eigenvalue weighted by Crippen LogP contribution is -2.23. The van der Waals surface area contributed by atoms with E-state index >= 15 is 0 Å². The minimum Gasteiger partial charge on any atom is -0.478 e. The predicted octanol–water partition coefficient (Wildman–Crippen LogP) is 3.62. The van der Waals surface area contributed by atoms with Crippen molar-refractivity contribution in [2.24, 2.45) is 0 Å². The van der Waals surface area contributed by atoms with Crippen molar-refractivity contribution in [2.45, 2.75) is 26.3 Å². The lowest BCUT2D eigenvalue weighted by molar-refractivity contribution is 0.0697. The number of nitrogens with one attached hydrogen (secondary N) is 1. The number of rotatable bonds is 2. The number of nitrogens with zero attached hydrogens (tertiary/aromatic N) is 3. The molecule has 0 radical (unpaired) electrons. The number of anilines is 1. The monoisotopic (exact) mass is 349 g/mol. The Morgan fingerprint density at radius 3 is 2.69 bits per heavy atom. The molecule has 0 atom stereocenters. The Morgan fingerprint density at radius 1 is 1.23 bits per heavy atom. The summed E-state index contributed by atoms with van der Waals surface area (Å²) >= 11 is 0. The Bertz CT molecular complexity index is 1160. The standard InChI is InChI=1S/C19H19N5O2/c1-19(2,3)24-15-9-21-8-12(20)16(15)17(23-24)14-6-10-4-5-11(18(25)26)7-13(10)22-14/h4-9,22H,20H2,1-3H3,(H,25,26). The van der Waals surface area contributed by atoms with Crippen molar-refractivity contribution in [3.05, 3.63) is 42.2 Å². The predicted molar refractivity (Wildman–Crippen MR) is 101 cm³/mol. The van der Waals surface area contributed by atoms with Crippen LogP contribution in [0.15, 0.2) is 36.7 Å². The van der Waals surface area contributed by atoms with Crippen LogP contribution in [0.25, 0.3) is 33.2 Å². The molecule has 0 saturated heterocycles. The molecule has 4 rings (SSSR count). The molecule has 3 aromatic heterocycles. The van der Waals surface area contributed by atoms with Crippen LogP contribution in [0.5, 0.6) is 0 Å². The number of carboxylic acids is 1. The molecule has 26 heavy (non-hydrogen) atoms. The number of aromatic carboxylic acids is 1. The molecule has 132 valence electrons. The fourth-order valence-electron chi connectivity index (χ4n) is 3.18. The van der Waals surface area contributed by atoms with E-state index in [4.69, 9.17) is 10.8 Å². The van der Waals surface area contributed by atoms with Gasteiger partial charge in [-0.3, -0.25) is 9.67 Å². The topological polar surface area (TPSA) is 110 Å². The highest BCUT2D eigenvalue weighted by Crippen LogP contribution is 2.35. The first-order valence-corrected chi connectivity index (χ1v) is 8.25. The second-order valence-corrected chi connectivity index (χ2v) is 7.34. The van der Waals surface area contributed by atoms with E-state index in [0.29, 0.717) is 5.69 Å². The summed E-state index contributed by atoms with van der Waals surface area (Å²) in [7, 11) is 0. The highest BCUT2D eigenvalue weighted by molar-refractivity contribution is 6.02. The number of hydrogen-bond acceptors (Lipinski definition) is 4. The number of nitrogen functional groups attached to an aromatic ring is 1. The molecule has 4 aromatic rings. The van der Waals surface area contributed by atoms with Gasteiger partial charge in [-0.1, -0.05) is 6.07 Å². The quantitative estimate of drug-likeness (QED) is 0.512. The molecule has 3 heterocycles. The number of hydrogen-bond donors (Lipinski definition) is 3. The largest absolute Gasteiger partial charge is 0.478 e. The molecule has 0 spiro atoms. The molecular formula is C19H19N5O2. The van der Waals surface area contributed by atoms with Gasteiger partial charge in [-0.2, -0.15) is 5.10 Å². The molecular weight excluding hydrogens is 330 g/mol. The van der Waals surface area contributed by atoms with Crippen LogP contribution < -0.4 is 5.73 Å². The maximum absolute atomic E-state index is 11.2. The summed E-state index contributed by atoms with van der Waals surface area (Å²) in [6.07, 6.45) is 3.38. The van der Waals surface area contributed by atoms with Crippen LogP contribution in [-0.4, -0.2) is 30.8 Å². The van der Waals surface area contributed by atoms with Crippen LogP contribution in [-0.2, 0) is 5.54 Å². The van der Waals surface area contributed by atoms with Gasteiger partial charge in [0.05, 0.1) is 45.8 Å². The molecule has 0 unspecified atom stereocenters. The third-order valence-electron chi connectivity index (χ3n) is 4.38. The van der Waals surface area contributed by atoms with E-state index in [0.717, 1.165) is 33.2 Å². The van der Waals surface area contributed by atoms with E-state index < -0.39 is 5.97 Å². The lowest BCUT2D eigenvalue weighted by atomic mass is 10.1. The smallest absolute Gasteiger partial charge is 0.335 e. The van der Waals surface area contributed by atoms with Gasteiger partial charge in [0.15, 0.2) is 0 Å². The van der Waals surface area contributed by atoms with Gasteiger partial charge in [-0.25, -0.2) is 4.79 Å². The molecule has 0 aliphatic heterocycles. The molecule has 0 aliphatic rings. The first-order valence-electron chi connectivity index (χ1n) is 8.25. The number of H-pyrrole nitrogens is 1. The number of carboxylic acid groups (broad SMARTS) is 1. The molecule has 1 aromatic carbocycles. The first-order chi connectivity index (χ1) is 12.3. The van der Waals surface area contributed by atoms with Gasteiger partial charge in [-0.15, -0.1) is 0 Å². The molecule has 0 saturated carbocycles. The number of nitrogens with two attached hydrogens (primary N) is 1. The summed E-state index contributed by atoms with van der Waals surface area (Å²) in [6.45, 7) is 6.20. The first kappa shape index (κ1) is 16.1. The van der Waals surface area contributed by atoms with Crippen molar-refractivity contribution in [3.8, 4) is 11.4 Å². The Hall–Kier alpha value is -3.35. The fraction of sp³-hybridized carbons (Fsp3) is 0.211. The van der Waals surface area contributed by atoms with E-state index in [1.807, 2.05) is 10.7 Å². The minimum absolute atomic E-state index is 0.236. The molecule has 7 nitrogen and oxygen atoms in total. The lowest BCUT2D eigenvalue weighted by Gasteiger charge is -2.20. The molecule has 7 heteroatoms. The fourth-order valence-corrected chi connectivity index (χ4v) is 3.18. The number of benzene rings is 1. The Kier molecular flexibility index (Phi) is 3.30. The van der Waals surface area contributed by atoms with Gasteiger partial charge in [0.2, 0.25) is 0 Å². The minimum atomic E-state index is -0.958. The summed E-state index contributed by atoms with van der Waals surface area (Å²) < 4.78 is 1.91. The average molecular weight is 349 g/mol. The number of carbonyl (C=O) groups is 1. The number of aromatic amines is 1. The SMILES string of the molecule is CC(C)(C)n1nc(-c2cc3ccc(C(=O)O)cc3[nH]2)c2c(N)cncc21. The van der Waals surface area contributed by atoms with Crippen molar-refractivity contribution < 1.29 is 9.90 Å². The molecule has 0 aliphatic carbocycles. The van der Waals surface area contributed by atoms with E-state index in [9.17, 15) is 9.90 Å². The Balaban J connectivity index is 2.00. The molecule has 4 N–H and O–H groups in total. The van der Waals surface area contributed by atoms with Crippen LogP contribution >= 0.6 is 0 Å². The normalized spacial score (nSPS) is 12.1. The van der Waals surface area contributed by atoms with Crippen molar-refractivity contribution in [3.63, 3.8) is 0 Å². The average Bonchev–Trinajstić information content (AvgIpc) is 3.15. The zero-order chi connectivity index (χ0) is 18.6. The van der Waals surface area contributed by atoms with Crippen LogP contribution in [0, 0.1) is 0 Å². The summed E-state index contributed by atoms with van der Waals surface area (Å²) in [5.74, 6) is -0.958. The van der Waals surface area contributed by atoms with Crippen LogP contribution in [0.1, 0.15) is 31.1 Å². The van der Waals surface area contributed by atoms with Crippen molar-refractivity contribution in [1.29, 1.82) is 0 Å². The van der Waals surface area contributed by atoms with Crippen LogP contribution in [0.2, 0.25) is 0 Å². The number of pyridine rings is 1. The Morgan fingerprint density at radius 2 is 2.00 bits per heavy atom. The zero-order valence-electron chi connectivity index (χ0n) is 14.7. The molecule has 0 bridgehead atoms. The molecule has 0 fully saturated rings. The van der Waals surface area contributed by atoms with Crippen molar-refractivity contribution in [1.82, 2.24) is 19.7 Å². The number of fused-ring (bicyclic) bond motifs is 2. The van der Waals surface area contributed by atoms with Gasteiger partial charge in [0.25, 0.3) is 0 Å². The zero-order valence-corrected chi connectivity index (χ0v) is 14.7. The highest BCUT2D eigenvalue weighted by Gasteiger charge is 2.23. The van der Waals surface area contributed by atoms with E-state index in [2.05, 4.69) is 30.7 Å². The van der Waals surface area contributed by atoms with E-state index in [1.54, 1.807) is 30.6 Å². The second kappa shape index (κ2) is 5.32. The third-order valence-corrected chi connectivity index (χ3v) is 4.38. The van der Waals surface area contributed by atoms with Crippen molar-refractivity contribution in [2.75, 3.05) is 5.73 Å². The van der Waals surface area contributed by atoms with Gasteiger partial charge in [0, 0.05) is 10.9 Å². The Labute approximate surface area is 149 Å². The van der Waals surface area contributed by atoms with Crippen molar-refractivity contribution >= 4 is 33.5 Å². The summed E-state index contributed by atoms with van der Waals surface area (Å²) in [4.78, 5) is 18.7. The third kappa shape index (κ3) is 2.40. The van der Waals surface area contributed by atoms with Crippen LogP contribution in [0.4, 0.5) is 5.69 Å². The molecule has 0 amide bonds. The van der Waals surface area contributed by atoms with Gasteiger partial charge < -0.3 is 15.8 Å². The van der Waals surface area contributed by atoms with E-state index in [1.165, 1.54) is 0 Å². The summed E-state index contributed by atoms with van der Waals surface area (Å²) in [6, 6.07) is 6.95. The number of aromatic nitrogens is 4. The maximum Gasteiger partial charge on any atom is 0.335 e. The van der Waals surface area contributed by atoms with Crippen LogP contribution in [0.3, 0.4) is 0 Å². The van der Waals surface area contributed by atoms with E-state index in [-0.39, 0.29) is 11.1 Å². The van der Waals surface area contributed by atoms with Gasteiger partial charge in [0.1, 0.15) is 5.69 Å². The summed E-state index contributed by atoms with van der Waals surface area (Å²) in [5.41, 5.74) is 9.86. The van der Waals surface area contributed by atoms with Gasteiger partial charge in [-0.05, 0) is 39.0 Å².